The van der Waals surface area contributed by atoms with Crippen LogP contribution in [0.2, 0.25) is 0 Å². The third kappa shape index (κ3) is 3.34. The molecule has 1 aromatic rings. The van der Waals surface area contributed by atoms with E-state index in [-0.39, 0.29) is 6.10 Å². The lowest BCUT2D eigenvalue weighted by atomic mass is 9.69. The summed E-state index contributed by atoms with van der Waals surface area (Å²) in [6.07, 6.45) is 8.48. The highest BCUT2D eigenvalue weighted by atomic mass is 16.3. The van der Waals surface area contributed by atoms with E-state index in [9.17, 15) is 5.11 Å². The molecule has 3 rings (SSSR count). The predicted octanol–water partition coefficient (Wildman–Crippen LogP) is 4.93. The third-order valence-corrected chi connectivity index (χ3v) is 6.01. The topological polar surface area (TPSA) is 20.2 Å². The van der Waals surface area contributed by atoms with Gasteiger partial charge in [-0.2, -0.15) is 0 Å². The summed E-state index contributed by atoms with van der Waals surface area (Å²) in [6, 6.07) is 8.99. The van der Waals surface area contributed by atoms with Crippen LogP contribution >= 0.6 is 0 Å². The Morgan fingerprint density at radius 2 is 1.95 bits per heavy atom. The highest BCUT2D eigenvalue weighted by Crippen LogP contribution is 2.42. The minimum Gasteiger partial charge on any atom is -0.393 e. The number of aryl methyl sites for hydroxylation is 1. The van der Waals surface area contributed by atoms with E-state index in [4.69, 9.17) is 0 Å². The Balaban J connectivity index is 1.71. The van der Waals surface area contributed by atoms with E-state index in [1.165, 1.54) is 38.5 Å². The summed E-state index contributed by atoms with van der Waals surface area (Å²) in [6.45, 7) is 4.69. The van der Waals surface area contributed by atoms with E-state index in [1.54, 1.807) is 11.1 Å². The molecular formula is C20H30O. The SMILES string of the molecule is CC(C)C1CCC(O)C(CC2CCCc3ccccc32)C1. The summed E-state index contributed by atoms with van der Waals surface area (Å²) in [5.41, 5.74) is 3.13. The molecule has 2 aliphatic rings. The first-order valence-corrected chi connectivity index (χ1v) is 8.91. The van der Waals surface area contributed by atoms with Crippen molar-refractivity contribution in [2.75, 3.05) is 0 Å². The van der Waals surface area contributed by atoms with Gasteiger partial charge in [-0.25, -0.2) is 0 Å². The van der Waals surface area contributed by atoms with Crippen molar-refractivity contribution in [2.24, 2.45) is 17.8 Å². The van der Waals surface area contributed by atoms with E-state index in [1.807, 2.05) is 0 Å². The number of aliphatic hydroxyl groups excluding tert-OH is 1. The van der Waals surface area contributed by atoms with Gasteiger partial charge in [0.2, 0.25) is 0 Å². The Bertz CT molecular complexity index is 465. The maximum absolute atomic E-state index is 10.4. The molecule has 116 valence electrons. The first-order chi connectivity index (χ1) is 10.1. The maximum Gasteiger partial charge on any atom is 0.0568 e. The fourth-order valence-electron chi connectivity index (χ4n) is 4.61. The van der Waals surface area contributed by atoms with Crippen LogP contribution in [0.1, 0.15) is 69.4 Å². The molecule has 2 aliphatic carbocycles. The second-order valence-electron chi connectivity index (χ2n) is 7.67. The van der Waals surface area contributed by atoms with E-state index in [0.29, 0.717) is 11.8 Å². The van der Waals surface area contributed by atoms with Gasteiger partial charge in [0.15, 0.2) is 0 Å². The van der Waals surface area contributed by atoms with Crippen molar-refractivity contribution in [1.82, 2.24) is 0 Å². The number of fused-ring (bicyclic) bond motifs is 1. The molecule has 1 fully saturated rings. The fraction of sp³-hybridized carbons (Fsp3) is 0.700. The minimum absolute atomic E-state index is 0.0610. The lowest BCUT2D eigenvalue weighted by Crippen LogP contribution is -2.32. The van der Waals surface area contributed by atoms with Crippen LogP contribution in [0.5, 0.6) is 0 Å². The maximum atomic E-state index is 10.4. The Labute approximate surface area is 129 Å². The van der Waals surface area contributed by atoms with Gasteiger partial charge < -0.3 is 5.11 Å². The van der Waals surface area contributed by atoms with Crippen molar-refractivity contribution in [3.8, 4) is 0 Å². The summed E-state index contributed by atoms with van der Waals surface area (Å²) in [5, 5.41) is 10.4. The summed E-state index contributed by atoms with van der Waals surface area (Å²) >= 11 is 0. The number of hydrogen-bond donors (Lipinski definition) is 1. The lowest BCUT2D eigenvalue weighted by molar-refractivity contribution is 0.0293. The van der Waals surface area contributed by atoms with Gasteiger partial charge in [0.05, 0.1) is 6.10 Å². The van der Waals surface area contributed by atoms with Gasteiger partial charge in [-0.1, -0.05) is 38.1 Å². The monoisotopic (exact) mass is 286 g/mol. The zero-order chi connectivity index (χ0) is 14.8. The van der Waals surface area contributed by atoms with Crippen LogP contribution in [0.3, 0.4) is 0 Å². The summed E-state index contributed by atoms with van der Waals surface area (Å²) in [4.78, 5) is 0. The van der Waals surface area contributed by atoms with Crippen LogP contribution in [0.15, 0.2) is 24.3 Å². The second kappa shape index (κ2) is 6.52. The lowest BCUT2D eigenvalue weighted by Gasteiger charge is -2.38. The van der Waals surface area contributed by atoms with E-state index >= 15 is 0 Å². The number of benzene rings is 1. The van der Waals surface area contributed by atoms with Gasteiger partial charge >= 0.3 is 0 Å². The van der Waals surface area contributed by atoms with Gasteiger partial charge in [0, 0.05) is 0 Å². The van der Waals surface area contributed by atoms with Crippen molar-refractivity contribution in [2.45, 2.75) is 70.8 Å². The molecule has 1 aromatic carbocycles. The molecule has 4 unspecified atom stereocenters. The molecule has 0 heterocycles. The van der Waals surface area contributed by atoms with Gasteiger partial charge in [0.1, 0.15) is 0 Å². The van der Waals surface area contributed by atoms with Crippen molar-refractivity contribution in [3.05, 3.63) is 35.4 Å². The standard InChI is InChI=1S/C20H30O/c1-14(2)16-10-11-20(21)18(12-16)13-17-8-5-7-15-6-3-4-9-19(15)17/h3-4,6,9,14,16-18,20-21H,5,7-8,10-13H2,1-2H3. The Morgan fingerprint density at radius 3 is 2.76 bits per heavy atom. The second-order valence-corrected chi connectivity index (χ2v) is 7.67. The van der Waals surface area contributed by atoms with Gasteiger partial charge in [-0.15, -0.1) is 0 Å². The van der Waals surface area contributed by atoms with Crippen molar-refractivity contribution in [3.63, 3.8) is 0 Å². The first kappa shape index (κ1) is 15.1. The van der Waals surface area contributed by atoms with Crippen LogP contribution in [0.25, 0.3) is 0 Å². The molecule has 1 heteroatoms. The molecule has 21 heavy (non-hydrogen) atoms. The molecule has 0 radical (unpaired) electrons. The molecule has 0 bridgehead atoms. The average molecular weight is 286 g/mol. The van der Waals surface area contributed by atoms with Gasteiger partial charge in [-0.05, 0) is 79.7 Å². The van der Waals surface area contributed by atoms with E-state index in [0.717, 1.165) is 18.3 Å². The fourth-order valence-corrected chi connectivity index (χ4v) is 4.61. The zero-order valence-electron chi connectivity index (χ0n) is 13.6. The van der Waals surface area contributed by atoms with Crippen molar-refractivity contribution >= 4 is 0 Å². The van der Waals surface area contributed by atoms with Gasteiger partial charge in [0.25, 0.3) is 0 Å². The molecule has 0 saturated heterocycles. The molecule has 0 spiro atoms. The van der Waals surface area contributed by atoms with Crippen LogP contribution in [0, 0.1) is 17.8 Å². The largest absolute Gasteiger partial charge is 0.393 e. The van der Waals surface area contributed by atoms with Crippen LogP contribution in [-0.2, 0) is 6.42 Å². The van der Waals surface area contributed by atoms with Gasteiger partial charge in [-0.3, -0.25) is 0 Å². The molecule has 0 aromatic heterocycles. The molecular weight excluding hydrogens is 256 g/mol. The first-order valence-electron chi connectivity index (χ1n) is 8.91. The Hall–Kier alpha value is -0.820. The molecule has 0 aliphatic heterocycles. The summed E-state index contributed by atoms with van der Waals surface area (Å²) in [7, 11) is 0. The van der Waals surface area contributed by atoms with Crippen molar-refractivity contribution in [1.29, 1.82) is 0 Å². The smallest absolute Gasteiger partial charge is 0.0568 e. The highest BCUT2D eigenvalue weighted by Gasteiger charge is 2.33. The molecule has 0 amide bonds. The average Bonchev–Trinajstić information content (AvgIpc) is 2.49. The van der Waals surface area contributed by atoms with Crippen LogP contribution < -0.4 is 0 Å². The van der Waals surface area contributed by atoms with E-state index in [2.05, 4.69) is 38.1 Å². The zero-order valence-corrected chi connectivity index (χ0v) is 13.6. The number of hydrogen-bond acceptors (Lipinski definition) is 1. The molecule has 1 saturated carbocycles. The number of aliphatic hydroxyl groups is 1. The highest BCUT2D eigenvalue weighted by molar-refractivity contribution is 5.32. The molecule has 1 nitrogen and oxygen atoms in total. The third-order valence-electron chi connectivity index (χ3n) is 6.01. The summed E-state index contributed by atoms with van der Waals surface area (Å²) < 4.78 is 0. The normalized spacial score (nSPS) is 33.0. The van der Waals surface area contributed by atoms with Crippen LogP contribution in [-0.4, -0.2) is 11.2 Å². The molecule has 1 N–H and O–H groups in total. The quantitative estimate of drug-likeness (QED) is 0.835. The Morgan fingerprint density at radius 1 is 1.14 bits per heavy atom. The minimum atomic E-state index is -0.0610. The van der Waals surface area contributed by atoms with E-state index < -0.39 is 0 Å². The summed E-state index contributed by atoms with van der Waals surface area (Å²) in [5.74, 6) is 2.78. The van der Waals surface area contributed by atoms with Crippen molar-refractivity contribution < 1.29 is 5.11 Å². The molecule has 4 atom stereocenters. The Kier molecular flexibility index (Phi) is 4.69. The predicted molar refractivity (Wildman–Crippen MR) is 88.4 cm³/mol. The number of rotatable bonds is 3. The van der Waals surface area contributed by atoms with Crippen LogP contribution in [0.4, 0.5) is 0 Å².